The summed E-state index contributed by atoms with van der Waals surface area (Å²) in [5.41, 5.74) is 6.72. The van der Waals surface area contributed by atoms with E-state index in [0.717, 1.165) is 19.4 Å². The van der Waals surface area contributed by atoms with Crippen LogP contribution in [0.1, 0.15) is 29.4 Å². The van der Waals surface area contributed by atoms with Crippen molar-refractivity contribution < 1.29 is 9.59 Å². The second kappa shape index (κ2) is 8.33. The Hall–Kier alpha value is -2.38. The standard InChI is InChI=1S/C19H24N4O2S/c1-13(20)14-6-5-11-23(12-14)18(24)16-9-10-17(26-16)22-19(25)21-15-7-3-2-4-8-15/h2-4,7-10,13-14H,5-6,11-12,20H2,1H3,(H2,21,22,25). The highest BCUT2D eigenvalue weighted by molar-refractivity contribution is 7.18. The number of nitrogens with zero attached hydrogens (tertiary/aromatic N) is 1. The van der Waals surface area contributed by atoms with Gasteiger partial charge in [0.25, 0.3) is 5.91 Å². The first kappa shape index (κ1) is 18.4. The number of carbonyl (C=O) groups excluding carboxylic acids is 2. The van der Waals surface area contributed by atoms with Crippen molar-refractivity contribution in [2.24, 2.45) is 11.7 Å². The van der Waals surface area contributed by atoms with Gasteiger partial charge in [0.05, 0.1) is 9.88 Å². The number of piperidine rings is 1. The maximum Gasteiger partial charge on any atom is 0.324 e. The number of nitrogens with one attached hydrogen (secondary N) is 2. The number of anilines is 2. The lowest BCUT2D eigenvalue weighted by Gasteiger charge is -2.34. The van der Waals surface area contributed by atoms with Crippen LogP contribution in [0.2, 0.25) is 0 Å². The number of likely N-dealkylation sites (tertiary alicyclic amines) is 1. The molecular formula is C19H24N4O2S. The second-order valence-electron chi connectivity index (χ2n) is 6.62. The molecule has 2 unspecified atom stereocenters. The zero-order chi connectivity index (χ0) is 18.5. The summed E-state index contributed by atoms with van der Waals surface area (Å²) in [5.74, 6) is 0.360. The smallest absolute Gasteiger partial charge is 0.324 e. The minimum absolute atomic E-state index is 0.0110. The van der Waals surface area contributed by atoms with Crippen LogP contribution in [0.3, 0.4) is 0 Å². The number of nitrogens with two attached hydrogens (primary N) is 1. The van der Waals surface area contributed by atoms with Crippen molar-refractivity contribution >= 4 is 34.0 Å². The van der Waals surface area contributed by atoms with E-state index in [1.807, 2.05) is 42.2 Å². The third-order valence-corrected chi connectivity index (χ3v) is 5.56. The van der Waals surface area contributed by atoms with E-state index < -0.39 is 0 Å². The predicted octanol–water partition coefficient (Wildman–Crippen LogP) is 3.59. The molecule has 0 bridgehead atoms. The normalized spacial score (nSPS) is 18.2. The molecule has 1 fully saturated rings. The molecule has 1 aliphatic rings. The van der Waals surface area contributed by atoms with Crippen molar-refractivity contribution in [3.63, 3.8) is 0 Å². The quantitative estimate of drug-likeness (QED) is 0.766. The number of benzene rings is 1. The summed E-state index contributed by atoms with van der Waals surface area (Å²) in [4.78, 5) is 27.3. The van der Waals surface area contributed by atoms with E-state index >= 15 is 0 Å². The van der Waals surface area contributed by atoms with E-state index in [4.69, 9.17) is 5.73 Å². The van der Waals surface area contributed by atoms with Crippen molar-refractivity contribution in [3.05, 3.63) is 47.3 Å². The molecular weight excluding hydrogens is 348 g/mol. The van der Waals surface area contributed by atoms with Crippen molar-refractivity contribution in [2.45, 2.75) is 25.8 Å². The lowest BCUT2D eigenvalue weighted by molar-refractivity contribution is 0.0666. The molecule has 4 N–H and O–H groups in total. The number of amides is 3. The molecule has 7 heteroatoms. The van der Waals surface area contributed by atoms with E-state index in [0.29, 0.717) is 28.0 Å². The fourth-order valence-electron chi connectivity index (χ4n) is 3.10. The number of hydrogen-bond donors (Lipinski definition) is 3. The molecule has 0 spiro atoms. The van der Waals surface area contributed by atoms with E-state index in [9.17, 15) is 9.59 Å². The lowest BCUT2D eigenvalue weighted by Crippen LogP contribution is -2.44. The molecule has 2 atom stereocenters. The van der Waals surface area contributed by atoms with Gasteiger partial charge in [0.2, 0.25) is 0 Å². The highest BCUT2D eigenvalue weighted by atomic mass is 32.1. The molecule has 3 rings (SSSR count). The minimum atomic E-state index is -0.327. The second-order valence-corrected chi connectivity index (χ2v) is 7.71. The van der Waals surface area contributed by atoms with Crippen LogP contribution >= 0.6 is 11.3 Å². The molecule has 1 saturated heterocycles. The molecule has 3 amide bonds. The molecule has 2 aromatic rings. The number of rotatable bonds is 4. The first-order valence-corrected chi connectivity index (χ1v) is 9.62. The number of urea groups is 1. The Morgan fingerprint density at radius 1 is 1.19 bits per heavy atom. The highest BCUT2D eigenvalue weighted by Gasteiger charge is 2.27. The topological polar surface area (TPSA) is 87.5 Å². The summed E-state index contributed by atoms with van der Waals surface area (Å²) >= 11 is 1.29. The third-order valence-electron chi connectivity index (χ3n) is 4.57. The Labute approximate surface area is 157 Å². The largest absolute Gasteiger partial charge is 0.338 e. The van der Waals surface area contributed by atoms with Crippen LogP contribution in [0.15, 0.2) is 42.5 Å². The number of hydrogen-bond acceptors (Lipinski definition) is 4. The van der Waals surface area contributed by atoms with E-state index in [2.05, 4.69) is 10.6 Å². The molecule has 6 nitrogen and oxygen atoms in total. The monoisotopic (exact) mass is 372 g/mol. The summed E-state index contributed by atoms with van der Waals surface area (Å²) in [5, 5.41) is 6.17. The van der Waals surface area contributed by atoms with Gasteiger partial charge in [-0.25, -0.2) is 4.79 Å². The van der Waals surface area contributed by atoms with E-state index in [1.54, 1.807) is 12.1 Å². The Morgan fingerprint density at radius 3 is 2.69 bits per heavy atom. The first-order chi connectivity index (χ1) is 12.5. The van der Waals surface area contributed by atoms with Crippen LogP contribution in [0.4, 0.5) is 15.5 Å². The Balaban J connectivity index is 1.58. The zero-order valence-electron chi connectivity index (χ0n) is 14.8. The van der Waals surface area contributed by atoms with Gasteiger partial charge in [0.1, 0.15) is 0 Å². The Bertz CT molecular complexity index is 760. The van der Waals surface area contributed by atoms with Crippen molar-refractivity contribution in [2.75, 3.05) is 23.7 Å². The van der Waals surface area contributed by atoms with Gasteiger partial charge in [-0.1, -0.05) is 18.2 Å². The Morgan fingerprint density at radius 2 is 1.96 bits per heavy atom. The third kappa shape index (κ3) is 4.62. The van der Waals surface area contributed by atoms with Crippen molar-refractivity contribution in [1.82, 2.24) is 4.90 Å². The van der Waals surface area contributed by atoms with Crippen LogP contribution in [-0.4, -0.2) is 36.0 Å². The minimum Gasteiger partial charge on any atom is -0.338 e. The van der Waals surface area contributed by atoms with Crippen LogP contribution in [-0.2, 0) is 0 Å². The number of carbonyl (C=O) groups is 2. The molecule has 1 aromatic heterocycles. The van der Waals surface area contributed by atoms with Gasteiger partial charge in [-0.05, 0) is 49.9 Å². The van der Waals surface area contributed by atoms with Gasteiger partial charge in [-0.3, -0.25) is 10.1 Å². The molecule has 1 aliphatic heterocycles. The maximum absolute atomic E-state index is 12.7. The predicted molar refractivity (Wildman–Crippen MR) is 106 cm³/mol. The van der Waals surface area contributed by atoms with Gasteiger partial charge in [0, 0.05) is 24.8 Å². The number of thiophene rings is 1. The molecule has 138 valence electrons. The Kier molecular flexibility index (Phi) is 5.90. The summed E-state index contributed by atoms with van der Waals surface area (Å²) in [7, 11) is 0. The zero-order valence-corrected chi connectivity index (χ0v) is 15.6. The summed E-state index contributed by atoms with van der Waals surface area (Å²) in [6.07, 6.45) is 2.05. The van der Waals surface area contributed by atoms with Crippen LogP contribution < -0.4 is 16.4 Å². The van der Waals surface area contributed by atoms with E-state index in [1.165, 1.54) is 11.3 Å². The molecule has 0 aliphatic carbocycles. The first-order valence-electron chi connectivity index (χ1n) is 8.80. The average Bonchev–Trinajstić information content (AvgIpc) is 3.10. The fourth-order valence-corrected chi connectivity index (χ4v) is 3.96. The van der Waals surface area contributed by atoms with Crippen LogP contribution in [0.25, 0.3) is 0 Å². The van der Waals surface area contributed by atoms with E-state index in [-0.39, 0.29) is 18.0 Å². The molecule has 0 radical (unpaired) electrons. The SMILES string of the molecule is CC(N)C1CCCN(C(=O)c2ccc(NC(=O)Nc3ccccc3)s2)C1. The van der Waals surface area contributed by atoms with Crippen LogP contribution in [0, 0.1) is 5.92 Å². The van der Waals surface area contributed by atoms with Gasteiger partial charge in [0.15, 0.2) is 0 Å². The average molecular weight is 372 g/mol. The lowest BCUT2D eigenvalue weighted by atomic mass is 9.92. The van der Waals surface area contributed by atoms with Gasteiger partial charge >= 0.3 is 6.03 Å². The summed E-state index contributed by atoms with van der Waals surface area (Å²) in [6.45, 7) is 3.46. The molecule has 26 heavy (non-hydrogen) atoms. The highest BCUT2D eigenvalue weighted by Crippen LogP contribution is 2.26. The summed E-state index contributed by atoms with van der Waals surface area (Å²) in [6, 6.07) is 12.5. The van der Waals surface area contributed by atoms with Crippen LogP contribution in [0.5, 0.6) is 0 Å². The van der Waals surface area contributed by atoms with Crippen molar-refractivity contribution in [3.8, 4) is 0 Å². The van der Waals surface area contributed by atoms with Gasteiger partial charge in [-0.2, -0.15) is 0 Å². The van der Waals surface area contributed by atoms with Crippen molar-refractivity contribution in [1.29, 1.82) is 0 Å². The fraction of sp³-hybridized carbons (Fsp3) is 0.368. The number of para-hydroxylation sites is 1. The van der Waals surface area contributed by atoms with Gasteiger partial charge < -0.3 is 16.0 Å². The van der Waals surface area contributed by atoms with Gasteiger partial charge in [-0.15, -0.1) is 11.3 Å². The summed E-state index contributed by atoms with van der Waals surface area (Å²) < 4.78 is 0. The molecule has 1 aromatic carbocycles. The molecule has 0 saturated carbocycles. The molecule has 2 heterocycles. The maximum atomic E-state index is 12.7.